The molecule has 0 fully saturated rings. The van der Waals surface area contributed by atoms with Gasteiger partial charge in [0.25, 0.3) is 0 Å². The van der Waals surface area contributed by atoms with Crippen LogP contribution in [0.25, 0.3) is 6.08 Å². The molecule has 0 saturated heterocycles. The van der Waals surface area contributed by atoms with Crippen LogP contribution in [0.2, 0.25) is 0 Å². The van der Waals surface area contributed by atoms with Gasteiger partial charge in [-0.1, -0.05) is 0 Å². The van der Waals surface area contributed by atoms with Crippen LogP contribution in [0.15, 0.2) is 41.3 Å². The molecule has 1 amide bonds. The minimum absolute atomic E-state index is 0.162. The molecule has 2 heterocycles. The van der Waals surface area contributed by atoms with Gasteiger partial charge in [-0.3, -0.25) is 9.48 Å². The van der Waals surface area contributed by atoms with Crippen molar-refractivity contribution in [1.29, 1.82) is 0 Å². The molecule has 0 aliphatic heterocycles. The zero-order valence-electron chi connectivity index (χ0n) is 9.46. The summed E-state index contributed by atoms with van der Waals surface area (Å²) >= 11 is 0. The summed E-state index contributed by atoms with van der Waals surface area (Å²) < 4.78 is 6.78. The van der Waals surface area contributed by atoms with Gasteiger partial charge in [0.05, 0.1) is 19.0 Å². The fourth-order valence-corrected chi connectivity index (χ4v) is 1.34. The predicted molar refractivity (Wildman–Crippen MR) is 62.8 cm³/mol. The summed E-state index contributed by atoms with van der Waals surface area (Å²) in [5, 5.41) is 6.72. The highest BCUT2D eigenvalue weighted by Gasteiger charge is 1.98. The molecule has 2 aromatic rings. The molecule has 0 radical (unpaired) electrons. The topological polar surface area (TPSA) is 60.1 Å². The average molecular weight is 231 g/mol. The van der Waals surface area contributed by atoms with Gasteiger partial charge >= 0.3 is 0 Å². The lowest BCUT2D eigenvalue weighted by Gasteiger charge is -1.97. The molecule has 0 aliphatic rings. The van der Waals surface area contributed by atoms with Crippen molar-refractivity contribution in [2.24, 2.45) is 7.05 Å². The molecule has 0 aliphatic carbocycles. The zero-order chi connectivity index (χ0) is 12.1. The van der Waals surface area contributed by atoms with Crippen molar-refractivity contribution in [3.05, 3.63) is 48.2 Å². The third-order valence-electron chi connectivity index (χ3n) is 2.17. The Hall–Kier alpha value is -2.30. The van der Waals surface area contributed by atoms with Crippen LogP contribution in [0.5, 0.6) is 0 Å². The summed E-state index contributed by atoms with van der Waals surface area (Å²) in [5.74, 6) is 0.568. The average Bonchev–Trinajstić information content (AvgIpc) is 2.95. The van der Waals surface area contributed by atoms with Crippen LogP contribution in [-0.2, 0) is 18.4 Å². The molecule has 2 aromatic heterocycles. The SMILES string of the molecule is Cn1cc(C=CC(=O)NCc2ccco2)cn1. The first kappa shape index (κ1) is 11.2. The van der Waals surface area contributed by atoms with Crippen molar-refractivity contribution in [1.82, 2.24) is 15.1 Å². The Morgan fingerprint density at radius 3 is 3.18 bits per heavy atom. The summed E-state index contributed by atoms with van der Waals surface area (Å²) in [6.07, 6.45) is 8.28. The fraction of sp³-hybridized carbons (Fsp3) is 0.167. The van der Waals surface area contributed by atoms with E-state index in [1.807, 2.05) is 19.3 Å². The van der Waals surface area contributed by atoms with E-state index in [4.69, 9.17) is 4.42 Å². The van der Waals surface area contributed by atoms with Crippen molar-refractivity contribution < 1.29 is 9.21 Å². The molecule has 2 rings (SSSR count). The number of amides is 1. The van der Waals surface area contributed by atoms with Crippen LogP contribution in [0.4, 0.5) is 0 Å². The number of carbonyl (C=O) groups excluding carboxylic acids is 1. The minimum atomic E-state index is -0.162. The summed E-state index contributed by atoms with van der Waals surface area (Å²) in [6, 6.07) is 3.60. The molecule has 0 atom stereocenters. The Labute approximate surface area is 98.7 Å². The maximum Gasteiger partial charge on any atom is 0.244 e. The van der Waals surface area contributed by atoms with Gasteiger partial charge in [0.15, 0.2) is 0 Å². The molecule has 17 heavy (non-hydrogen) atoms. The first-order valence-corrected chi connectivity index (χ1v) is 5.21. The van der Waals surface area contributed by atoms with Crippen molar-refractivity contribution in [3.8, 4) is 0 Å². The van der Waals surface area contributed by atoms with Gasteiger partial charge in [0.1, 0.15) is 5.76 Å². The normalized spacial score (nSPS) is 10.9. The minimum Gasteiger partial charge on any atom is -0.467 e. The lowest BCUT2D eigenvalue weighted by molar-refractivity contribution is -0.116. The quantitative estimate of drug-likeness (QED) is 0.808. The molecular weight excluding hydrogens is 218 g/mol. The van der Waals surface area contributed by atoms with Crippen molar-refractivity contribution in [2.45, 2.75) is 6.54 Å². The van der Waals surface area contributed by atoms with Crippen molar-refractivity contribution >= 4 is 12.0 Å². The maximum atomic E-state index is 11.5. The van der Waals surface area contributed by atoms with Crippen LogP contribution >= 0.6 is 0 Å². The molecule has 5 nitrogen and oxygen atoms in total. The second-order valence-electron chi connectivity index (χ2n) is 3.58. The monoisotopic (exact) mass is 231 g/mol. The zero-order valence-corrected chi connectivity index (χ0v) is 9.46. The number of nitrogens with zero attached hydrogens (tertiary/aromatic N) is 2. The molecule has 1 N–H and O–H groups in total. The lowest BCUT2D eigenvalue weighted by Crippen LogP contribution is -2.19. The standard InChI is InChI=1S/C12H13N3O2/c1-15-9-10(7-14-15)4-5-12(16)13-8-11-3-2-6-17-11/h2-7,9H,8H2,1H3,(H,13,16). The number of aryl methyl sites for hydroxylation is 1. The number of aromatic nitrogens is 2. The van der Waals surface area contributed by atoms with Gasteiger partial charge in [-0.2, -0.15) is 5.10 Å². The second-order valence-corrected chi connectivity index (χ2v) is 3.58. The summed E-state index contributed by atoms with van der Waals surface area (Å²) in [7, 11) is 1.83. The van der Waals surface area contributed by atoms with Crippen molar-refractivity contribution in [2.75, 3.05) is 0 Å². The molecule has 0 spiro atoms. The molecule has 0 unspecified atom stereocenters. The summed E-state index contributed by atoms with van der Waals surface area (Å²) in [4.78, 5) is 11.5. The smallest absolute Gasteiger partial charge is 0.244 e. The van der Waals surface area contributed by atoms with Crippen LogP contribution in [0.3, 0.4) is 0 Å². The number of hydrogen-bond acceptors (Lipinski definition) is 3. The number of rotatable bonds is 4. The Kier molecular flexibility index (Phi) is 3.40. The summed E-state index contributed by atoms with van der Waals surface area (Å²) in [6.45, 7) is 0.392. The van der Waals surface area contributed by atoms with Gasteiger partial charge in [0.2, 0.25) is 5.91 Å². The first-order valence-electron chi connectivity index (χ1n) is 5.21. The first-order chi connectivity index (χ1) is 8.24. The van der Waals surface area contributed by atoms with Gasteiger partial charge in [-0.25, -0.2) is 0 Å². The van der Waals surface area contributed by atoms with Crippen molar-refractivity contribution in [3.63, 3.8) is 0 Å². The van der Waals surface area contributed by atoms with Crippen LogP contribution in [-0.4, -0.2) is 15.7 Å². The molecular formula is C12H13N3O2. The number of nitrogens with one attached hydrogen (secondary N) is 1. The van der Waals surface area contributed by atoms with Crippen LogP contribution < -0.4 is 5.32 Å². The van der Waals surface area contributed by atoms with Gasteiger partial charge in [0, 0.05) is 24.9 Å². The number of furan rings is 1. The molecule has 0 aromatic carbocycles. The van der Waals surface area contributed by atoms with E-state index in [2.05, 4.69) is 10.4 Å². The fourth-order valence-electron chi connectivity index (χ4n) is 1.34. The van der Waals surface area contributed by atoms with Gasteiger partial charge in [-0.05, 0) is 18.2 Å². The molecule has 88 valence electrons. The van der Waals surface area contributed by atoms with E-state index in [1.165, 1.54) is 6.08 Å². The third kappa shape index (κ3) is 3.34. The van der Waals surface area contributed by atoms with Crippen LogP contribution in [0.1, 0.15) is 11.3 Å². The maximum absolute atomic E-state index is 11.5. The number of carbonyl (C=O) groups is 1. The van der Waals surface area contributed by atoms with Crippen LogP contribution in [0, 0.1) is 0 Å². The predicted octanol–water partition coefficient (Wildman–Crippen LogP) is 1.34. The largest absolute Gasteiger partial charge is 0.467 e. The highest BCUT2D eigenvalue weighted by molar-refractivity contribution is 5.91. The highest BCUT2D eigenvalue weighted by atomic mass is 16.3. The Morgan fingerprint density at radius 2 is 2.53 bits per heavy atom. The van der Waals surface area contributed by atoms with E-state index >= 15 is 0 Å². The molecule has 5 heteroatoms. The van der Waals surface area contributed by atoms with E-state index < -0.39 is 0 Å². The third-order valence-corrected chi connectivity index (χ3v) is 2.17. The van der Waals surface area contributed by atoms with E-state index in [-0.39, 0.29) is 5.91 Å². The summed E-state index contributed by atoms with van der Waals surface area (Å²) in [5.41, 5.74) is 0.889. The Morgan fingerprint density at radius 1 is 1.65 bits per heavy atom. The van der Waals surface area contributed by atoms with Gasteiger partial charge < -0.3 is 9.73 Å². The Balaban J connectivity index is 1.83. The lowest BCUT2D eigenvalue weighted by atomic mass is 10.3. The molecule has 0 saturated carbocycles. The van der Waals surface area contributed by atoms with E-state index in [0.717, 1.165) is 11.3 Å². The van der Waals surface area contributed by atoms with Gasteiger partial charge in [-0.15, -0.1) is 0 Å². The Bertz CT molecular complexity index is 512. The number of hydrogen-bond donors (Lipinski definition) is 1. The highest BCUT2D eigenvalue weighted by Crippen LogP contribution is 2.00. The van der Waals surface area contributed by atoms with E-state index in [0.29, 0.717) is 6.54 Å². The van der Waals surface area contributed by atoms with E-state index in [9.17, 15) is 4.79 Å². The van der Waals surface area contributed by atoms with E-state index in [1.54, 1.807) is 29.3 Å². The second kappa shape index (κ2) is 5.16. The molecule has 0 bridgehead atoms.